The molecule has 1 spiro atoms. The van der Waals surface area contributed by atoms with Gasteiger partial charge in [-0.15, -0.1) is 11.8 Å². The number of carbonyl (C=O) groups is 1. The Morgan fingerprint density at radius 2 is 1.53 bits per heavy atom. The van der Waals surface area contributed by atoms with Crippen molar-refractivity contribution in [3.8, 4) is 0 Å². The Labute approximate surface area is 391 Å². The van der Waals surface area contributed by atoms with Gasteiger partial charge in [0.15, 0.2) is 0 Å². The number of alkyl halides is 3. The highest BCUT2D eigenvalue weighted by molar-refractivity contribution is 7.99. The molecule has 5 aliphatic rings. The first-order chi connectivity index (χ1) is 31.7. The average Bonchev–Trinajstić information content (AvgIpc) is 4.05. The molecule has 4 aromatic rings. The van der Waals surface area contributed by atoms with Gasteiger partial charge in [0, 0.05) is 85.8 Å². The predicted molar refractivity (Wildman–Crippen MR) is 253 cm³/mol. The fourth-order valence-electron chi connectivity index (χ4n) is 10.6. The van der Waals surface area contributed by atoms with Crippen LogP contribution >= 0.6 is 11.8 Å². The lowest BCUT2D eigenvalue weighted by Gasteiger charge is -2.56. The van der Waals surface area contributed by atoms with E-state index in [4.69, 9.17) is 0 Å². The van der Waals surface area contributed by atoms with E-state index in [1.165, 1.54) is 61.9 Å². The smallest absolute Gasteiger partial charge is 0.380 e. The second-order valence-electron chi connectivity index (χ2n) is 18.8. The third-order valence-corrected chi connectivity index (χ3v) is 18.4. The molecular weight excluding hydrogens is 906 g/mol. The van der Waals surface area contributed by atoms with Gasteiger partial charge in [0.25, 0.3) is 25.8 Å². The molecule has 4 aromatic carbocycles. The van der Waals surface area contributed by atoms with Gasteiger partial charge in [-0.25, -0.2) is 21.6 Å². The van der Waals surface area contributed by atoms with Crippen LogP contribution in [0.15, 0.2) is 112 Å². The van der Waals surface area contributed by atoms with Crippen molar-refractivity contribution in [1.29, 1.82) is 0 Å². The first-order valence-electron chi connectivity index (χ1n) is 23.3. The average molecular weight is 965 g/mol. The first-order valence-corrected chi connectivity index (χ1v) is 27.2. The number of nitrogens with one attached hydrogen (secondary N) is 3. The van der Waals surface area contributed by atoms with Gasteiger partial charge in [-0.3, -0.25) is 9.69 Å². The molecule has 0 radical (unpaired) electrons. The van der Waals surface area contributed by atoms with E-state index in [0.717, 1.165) is 87.3 Å². The Morgan fingerprint density at radius 1 is 0.818 bits per heavy atom. The number of sulfone groups is 1. The number of piperidine rings is 1. The molecule has 0 unspecified atom stereocenters. The normalized spacial score (nSPS) is 21.4. The summed E-state index contributed by atoms with van der Waals surface area (Å²) in [6.07, 6.45) is 9.90. The topological polar surface area (TPSA) is 131 Å². The maximum atomic E-state index is 14.2. The summed E-state index contributed by atoms with van der Waals surface area (Å²) in [4.78, 5) is 19.7. The van der Waals surface area contributed by atoms with Crippen LogP contribution in [0.5, 0.6) is 0 Å². The van der Waals surface area contributed by atoms with Crippen molar-refractivity contribution in [2.45, 2.75) is 102 Å². The number of amides is 1. The maximum absolute atomic E-state index is 14.2. The van der Waals surface area contributed by atoms with E-state index in [1.807, 2.05) is 41.1 Å². The molecule has 2 saturated carbocycles. The lowest BCUT2D eigenvalue weighted by molar-refractivity contribution is -0.0436. The number of hydrogen-bond donors (Lipinski definition) is 3. The van der Waals surface area contributed by atoms with Gasteiger partial charge in [0.2, 0.25) is 0 Å². The standard InChI is InChI=1S/C49H59F3N6O5S3/c50-49(51,52)65(60,61)46-31-41(17-18-44(46)54-37(19-25-56-28-22-53-23-29-56)34-64-40-10-2-1-3-11-40)66(62,63)55-47(59)36-8-6-9-38(30-36)57-26-20-48(21-27-57)32-39(33-48)58-24-7-14-45(58)43-13-5-4-12-42(43)35-15-16-35/h1-6,8-13,17-18,30-31,35,37,39,45,53-54H,7,14-16,19-29,32-34H2,(H,55,59)/t37-,45+/m1/s1. The van der Waals surface area contributed by atoms with Crippen LogP contribution in [0.3, 0.4) is 0 Å². The molecule has 0 aromatic heterocycles. The highest BCUT2D eigenvalue weighted by Gasteiger charge is 2.51. The summed E-state index contributed by atoms with van der Waals surface area (Å²) in [7, 11) is -10.9. The number of carbonyl (C=O) groups excluding carboxylic acids is 1. The lowest BCUT2D eigenvalue weighted by Crippen LogP contribution is -2.55. The van der Waals surface area contributed by atoms with Crippen molar-refractivity contribution >= 4 is 48.9 Å². The summed E-state index contributed by atoms with van der Waals surface area (Å²) < 4.78 is 98.4. The van der Waals surface area contributed by atoms with Gasteiger partial charge >= 0.3 is 5.51 Å². The fourth-order valence-corrected chi connectivity index (χ4v) is 13.6. The number of likely N-dealkylation sites (tertiary alicyclic amines) is 1. The predicted octanol–water partition coefficient (Wildman–Crippen LogP) is 8.43. The molecule has 354 valence electrons. The Morgan fingerprint density at radius 3 is 2.24 bits per heavy atom. The highest BCUT2D eigenvalue weighted by Crippen LogP contribution is 2.55. The number of hydrogen-bond acceptors (Lipinski definition) is 11. The van der Waals surface area contributed by atoms with Gasteiger partial charge in [0.05, 0.1) is 10.6 Å². The zero-order valence-electron chi connectivity index (χ0n) is 37.0. The zero-order chi connectivity index (χ0) is 46.1. The summed E-state index contributed by atoms with van der Waals surface area (Å²) in [6.45, 7) is 6.55. The van der Waals surface area contributed by atoms with Crippen LogP contribution in [0, 0.1) is 5.41 Å². The molecule has 3 saturated heterocycles. The summed E-state index contributed by atoms with van der Waals surface area (Å²) in [6, 6.07) is 28.3. The first kappa shape index (κ1) is 47.0. The van der Waals surface area contributed by atoms with E-state index in [2.05, 4.69) is 49.6 Å². The van der Waals surface area contributed by atoms with E-state index >= 15 is 0 Å². The Kier molecular flexibility index (Phi) is 13.8. The van der Waals surface area contributed by atoms with Crippen LogP contribution in [0.2, 0.25) is 0 Å². The molecule has 66 heavy (non-hydrogen) atoms. The SMILES string of the molecule is O=C(NS(=O)(=O)c1ccc(N[C@H](CCN2CCNCC2)CSc2ccccc2)c(S(=O)(=O)C(F)(F)F)c1)c1cccc(N2CCC3(CC2)CC(N2CCC[C@H]2c2ccccc2C2CC2)C3)c1. The molecule has 3 heterocycles. The summed E-state index contributed by atoms with van der Waals surface area (Å²) in [5.74, 6) is 0.135. The summed E-state index contributed by atoms with van der Waals surface area (Å²) >= 11 is 1.47. The second kappa shape index (κ2) is 19.5. The van der Waals surface area contributed by atoms with Crippen LogP contribution in [0.1, 0.15) is 91.2 Å². The van der Waals surface area contributed by atoms with Crippen molar-refractivity contribution in [3.63, 3.8) is 0 Å². The maximum Gasteiger partial charge on any atom is 0.501 e. The highest BCUT2D eigenvalue weighted by atomic mass is 32.2. The number of piperazine rings is 1. The molecule has 0 bridgehead atoms. The quantitative estimate of drug-likeness (QED) is 0.0936. The Hall–Kier alpha value is -4.13. The molecule has 17 heteroatoms. The number of halogens is 3. The van der Waals surface area contributed by atoms with Crippen molar-refractivity contribution in [2.24, 2.45) is 5.41 Å². The molecule has 2 aliphatic carbocycles. The second-order valence-corrected chi connectivity index (χ2v) is 23.5. The third kappa shape index (κ3) is 10.5. The van der Waals surface area contributed by atoms with Crippen molar-refractivity contribution in [1.82, 2.24) is 19.8 Å². The largest absolute Gasteiger partial charge is 0.501 e. The van der Waals surface area contributed by atoms with Gasteiger partial charge in [-0.2, -0.15) is 13.2 Å². The number of rotatable bonds is 16. The number of anilines is 2. The van der Waals surface area contributed by atoms with Crippen molar-refractivity contribution < 1.29 is 34.8 Å². The number of thioether (sulfide) groups is 1. The number of benzene rings is 4. The molecular formula is C49H59F3N6O5S3. The minimum Gasteiger partial charge on any atom is -0.380 e. The molecule has 1 amide bonds. The number of sulfonamides is 1. The van der Waals surface area contributed by atoms with Gasteiger partial charge in [-0.1, -0.05) is 48.5 Å². The lowest BCUT2D eigenvalue weighted by atomic mass is 9.59. The Balaban J connectivity index is 0.855. The van der Waals surface area contributed by atoms with E-state index in [1.54, 1.807) is 17.7 Å². The van der Waals surface area contributed by atoms with E-state index in [9.17, 15) is 34.8 Å². The third-order valence-electron chi connectivity index (χ3n) is 14.4. The summed E-state index contributed by atoms with van der Waals surface area (Å²) in [5, 5.41) is 6.32. The van der Waals surface area contributed by atoms with Crippen LogP contribution in [-0.2, 0) is 19.9 Å². The van der Waals surface area contributed by atoms with E-state index in [0.29, 0.717) is 36.9 Å². The number of nitrogens with zero attached hydrogens (tertiary/aromatic N) is 3. The molecule has 3 N–H and O–H groups in total. The zero-order valence-corrected chi connectivity index (χ0v) is 39.5. The minimum atomic E-state index is -6.04. The minimum absolute atomic E-state index is 0.0521. The van der Waals surface area contributed by atoms with Crippen molar-refractivity contribution in [3.05, 3.63) is 114 Å². The van der Waals surface area contributed by atoms with Crippen LogP contribution in [0.25, 0.3) is 0 Å². The van der Waals surface area contributed by atoms with E-state index < -0.39 is 47.1 Å². The van der Waals surface area contributed by atoms with Crippen LogP contribution < -0.4 is 20.3 Å². The van der Waals surface area contributed by atoms with Gasteiger partial charge in [-0.05, 0) is 135 Å². The van der Waals surface area contributed by atoms with Gasteiger partial charge in [0.1, 0.15) is 4.90 Å². The summed E-state index contributed by atoms with van der Waals surface area (Å²) in [5.41, 5.74) is -1.91. The molecule has 11 nitrogen and oxygen atoms in total. The molecule has 9 rings (SSSR count). The molecule has 3 aliphatic heterocycles. The Bertz CT molecular complexity index is 2580. The fraction of sp³-hybridized carbons (Fsp3) is 0.490. The molecule has 5 fully saturated rings. The van der Waals surface area contributed by atoms with E-state index in [-0.39, 0.29) is 16.7 Å². The van der Waals surface area contributed by atoms with Crippen LogP contribution in [0.4, 0.5) is 24.5 Å². The monoisotopic (exact) mass is 964 g/mol. The van der Waals surface area contributed by atoms with Crippen LogP contribution in [-0.4, -0.2) is 108 Å². The van der Waals surface area contributed by atoms with Gasteiger partial charge < -0.3 is 20.4 Å². The molecule has 2 atom stereocenters. The van der Waals surface area contributed by atoms with Crippen molar-refractivity contribution in [2.75, 3.05) is 68.3 Å².